The van der Waals surface area contributed by atoms with E-state index in [1.165, 1.54) is 13.0 Å². The Morgan fingerprint density at radius 1 is 1.42 bits per heavy atom. The van der Waals surface area contributed by atoms with Gasteiger partial charge in [-0.1, -0.05) is 31.9 Å². The van der Waals surface area contributed by atoms with E-state index in [4.69, 9.17) is 0 Å². The van der Waals surface area contributed by atoms with Crippen LogP contribution in [-0.2, 0) is 4.79 Å². The van der Waals surface area contributed by atoms with Crippen molar-refractivity contribution in [3.05, 3.63) is 32.5 Å². The van der Waals surface area contributed by atoms with Crippen LogP contribution in [-0.4, -0.2) is 28.8 Å². The molecular weight excluding hydrogens is 385 g/mol. The van der Waals surface area contributed by atoms with Gasteiger partial charge in [0.05, 0.1) is 6.10 Å². The molecule has 1 aromatic rings. The van der Waals surface area contributed by atoms with Crippen LogP contribution < -0.4 is 5.32 Å². The summed E-state index contributed by atoms with van der Waals surface area (Å²) in [5.41, 5.74) is -0.00137. The van der Waals surface area contributed by atoms with Crippen molar-refractivity contribution in [2.45, 2.75) is 25.6 Å². The minimum Gasteiger partial charge on any atom is -0.390 e. The van der Waals surface area contributed by atoms with E-state index < -0.39 is 18.0 Å². The fourth-order valence-corrected chi connectivity index (χ4v) is 2.99. The number of hydrogen-bond donors (Lipinski definition) is 3. The predicted molar refractivity (Wildman–Crippen MR) is 76.1 cm³/mol. The molecule has 1 rings (SSSR count). The topological polar surface area (TPSA) is 69.6 Å². The molecule has 0 aliphatic rings. The van der Waals surface area contributed by atoms with E-state index in [1.807, 2.05) is 0 Å². The Labute approximate surface area is 127 Å². The van der Waals surface area contributed by atoms with E-state index >= 15 is 0 Å². The molecule has 1 aromatic carbocycles. The quantitative estimate of drug-likeness (QED) is 0.712. The summed E-state index contributed by atoms with van der Waals surface area (Å²) in [5, 5.41) is 22.3. The average molecular weight is 399 g/mol. The average Bonchev–Trinajstić information content (AvgIpc) is 2.26. The van der Waals surface area contributed by atoms with Crippen LogP contribution in [0.1, 0.15) is 25.0 Å². The molecule has 0 heterocycles. The van der Waals surface area contributed by atoms with E-state index in [9.17, 15) is 19.4 Å². The van der Waals surface area contributed by atoms with Gasteiger partial charge in [-0.3, -0.25) is 4.79 Å². The highest BCUT2D eigenvalue weighted by Crippen LogP contribution is 2.32. The van der Waals surface area contributed by atoms with Crippen LogP contribution in [0.5, 0.6) is 0 Å². The minimum absolute atomic E-state index is 0.00137. The lowest BCUT2D eigenvalue weighted by Gasteiger charge is -2.20. The van der Waals surface area contributed by atoms with Crippen molar-refractivity contribution in [1.82, 2.24) is 5.32 Å². The molecule has 4 nitrogen and oxygen atoms in total. The number of halogens is 3. The van der Waals surface area contributed by atoms with E-state index in [2.05, 4.69) is 37.2 Å². The highest BCUT2D eigenvalue weighted by Gasteiger charge is 2.24. The maximum Gasteiger partial charge on any atom is 0.216 e. The SMILES string of the molecule is CC(=O)NCCC(O)C(O)c1c(F)cc(Br)cc1Br. The normalized spacial score (nSPS) is 14.0. The van der Waals surface area contributed by atoms with Crippen LogP contribution in [0.4, 0.5) is 4.39 Å². The molecule has 0 aromatic heterocycles. The zero-order chi connectivity index (χ0) is 14.6. The van der Waals surface area contributed by atoms with Crippen LogP contribution in [0.15, 0.2) is 21.1 Å². The molecule has 19 heavy (non-hydrogen) atoms. The summed E-state index contributed by atoms with van der Waals surface area (Å²) < 4.78 is 14.7. The maximum atomic E-state index is 13.8. The summed E-state index contributed by atoms with van der Waals surface area (Å²) in [4.78, 5) is 10.7. The number of rotatable bonds is 5. The molecule has 0 radical (unpaired) electrons. The Balaban J connectivity index is 2.76. The van der Waals surface area contributed by atoms with Crippen LogP contribution in [0.2, 0.25) is 0 Å². The summed E-state index contributed by atoms with van der Waals surface area (Å²) in [6.45, 7) is 1.57. The molecule has 2 unspecified atom stereocenters. The van der Waals surface area contributed by atoms with Gasteiger partial charge < -0.3 is 15.5 Å². The zero-order valence-electron chi connectivity index (χ0n) is 10.2. The van der Waals surface area contributed by atoms with Gasteiger partial charge in [0.25, 0.3) is 0 Å². The first-order chi connectivity index (χ1) is 8.82. The standard InChI is InChI=1S/C12H14Br2FNO3/c1-6(17)16-3-2-10(18)12(19)11-8(14)4-7(13)5-9(11)15/h4-5,10,12,18-19H,2-3H2,1H3,(H,16,17). The lowest BCUT2D eigenvalue weighted by Crippen LogP contribution is -2.28. The van der Waals surface area contributed by atoms with Crippen LogP contribution in [0.3, 0.4) is 0 Å². The molecule has 0 fully saturated rings. The Bertz CT molecular complexity index is 447. The molecule has 0 spiro atoms. The van der Waals surface area contributed by atoms with Gasteiger partial charge in [-0.25, -0.2) is 4.39 Å². The molecule has 0 aliphatic carbocycles. The molecule has 0 aliphatic heterocycles. The van der Waals surface area contributed by atoms with E-state index in [-0.39, 0.29) is 24.4 Å². The van der Waals surface area contributed by atoms with Crippen molar-refractivity contribution < 1.29 is 19.4 Å². The number of hydrogen-bond acceptors (Lipinski definition) is 3. The van der Waals surface area contributed by atoms with Gasteiger partial charge in [-0.2, -0.15) is 0 Å². The fourth-order valence-electron chi connectivity index (χ4n) is 1.58. The van der Waals surface area contributed by atoms with Gasteiger partial charge in [0.2, 0.25) is 5.91 Å². The molecule has 0 bridgehead atoms. The van der Waals surface area contributed by atoms with Crippen molar-refractivity contribution >= 4 is 37.8 Å². The largest absolute Gasteiger partial charge is 0.390 e. The molecule has 7 heteroatoms. The first-order valence-electron chi connectivity index (χ1n) is 5.58. The summed E-state index contributed by atoms with van der Waals surface area (Å²) in [5.74, 6) is -0.843. The minimum atomic E-state index is -1.36. The summed E-state index contributed by atoms with van der Waals surface area (Å²) in [7, 11) is 0. The highest BCUT2D eigenvalue weighted by atomic mass is 79.9. The molecule has 3 N–H and O–H groups in total. The van der Waals surface area contributed by atoms with Gasteiger partial charge in [0.1, 0.15) is 11.9 Å². The summed E-state index contributed by atoms with van der Waals surface area (Å²) in [6, 6.07) is 2.80. The van der Waals surface area contributed by atoms with E-state index in [0.717, 1.165) is 0 Å². The second kappa shape index (κ2) is 7.33. The monoisotopic (exact) mass is 397 g/mol. The lowest BCUT2D eigenvalue weighted by molar-refractivity contribution is -0.119. The summed E-state index contributed by atoms with van der Waals surface area (Å²) >= 11 is 6.28. The third kappa shape index (κ3) is 4.83. The first kappa shape index (κ1) is 16.6. The van der Waals surface area contributed by atoms with Gasteiger partial charge in [-0.05, 0) is 18.6 Å². The van der Waals surface area contributed by atoms with Crippen molar-refractivity contribution in [2.24, 2.45) is 0 Å². The second-order valence-electron chi connectivity index (χ2n) is 4.07. The lowest BCUT2D eigenvalue weighted by atomic mass is 10.0. The number of carbonyl (C=O) groups excluding carboxylic acids is 1. The zero-order valence-corrected chi connectivity index (χ0v) is 13.3. The van der Waals surface area contributed by atoms with Gasteiger partial charge >= 0.3 is 0 Å². The van der Waals surface area contributed by atoms with Crippen LogP contribution in [0.25, 0.3) is 0 Å². The number of aliphatic hydroxyl groups is 2. The Morgan fingerprint density at radius 2 is 2.05 bits per heavy atom. The van der Waals surface area contributed by atoms with E-state index in [0.29, 0.717) is 8.95 Å². The Kier molecular flexibility index (Phi) is 6.38. The molecular formula is C12H14Br2FNO3. The van der Waals surface area contributed by atoms with Crippen molar-refractivity contribution in [3.8, 4) is 0 Å². The maximum absolute atomic E-state index is 13.8. The van der Waals surface area contributed by atoms with Crippen molar-refractivity contribution in [3.63, 3.8) is 0 Å². The third-order valence-electron chi connectivity index (χ3n) is 2.52. The first-order valence-corrected chi connectivity index (χ1v) is 7.16. The third-order valence-corrected chi connectivity index (χ3v) is 3.63. The Morgan fingerprint density at radius 3 is 2.58 bits per heavy atom. The molecule has 1 amide bonds. The highest BCUT2D eigenvalue weighted by molar-refractivity contribution is 9.11. The van der Waals surface area contributed by atoms with Gasteiger partial charge in [0, 0.05) is 28.0 Å². The van der Waals surface area contributed by atoms with Gasteiger partial charge in [-0.15, -0.1) is 0 Å². The van der Waals surface area contributed by atoms with Crippen LogP contribution in [0, 0.1) is 5.82 Å². The second-order valence-corrected chi connectivity index (χ2v) is 5.84. The number of benzene rings is 1. The number of amides is 1. The number of nitrogens with one attached hydrogen (secondary N) is 1. The number of aliphatic hydroxyl groups excluding tert-OH is 2. The molecule has 0 saturated heterocycles. The summed E-state index contributed by atoms with van der Waals surface area (Å²) in [6.07, 6.45) is -2.40. The smallest absolute Gasteiger partial charge is 0.216 e. The fraction of sp³-hybridized carbons (Fsp3) is 0.417. The van der Waals surface area contributed by atoms with E-state index in [1.54, 1.807) is 6.07 Å². The Hall–Kier alpha value is -0.500. The van der Waals surface area contributed by atoms with Crippen molar-refractivity contribution in [2.75, 3.05) is 6.54 Å². The number of carbonyl (C=O) groups is 1. The van der Waals surface area contributed by atoms with Crippen LogP contribution >= 0.6 is 31.9 Å². The predicted octanol–water partition coefficient (Wildman–Crippen LogP) is 2.27. The molecule has 106 valence electrons. The van der Waals surface area contributed by atoms with Gasteiger partial charge in [0.15, 0.2) is 0 Å². The molecule has 2 atom stereocenters. The van der Waals surface area contributed by atoms with Crippen molar-refractivity contribution in [1.29, 1.82) is 0 Å². The molecule has 0 saturated carbocycles.